The van der Waals surface area contributed by atoms with Crippen LogP contribution in [0, 0.1) is 0 Å². The van der Waals surface area contributed by atoms with Crippen molar-refractivity contribution in [2.45, 2.75) is 26.8 Å². The van der Waals surface area contributed by atoms with Gasteiger partial charge in [-0.1, -0.05) is 18.2 Å². The zero-order valence-electron chi connectivity index (χ0n) is 12.0. The Labute approximate surface area is 119 Å². The van der Waals surface area contributed by atoms with E-state index < -0.39 is 22.0 Å². The minimum atomic E-state index is -3.58. The molecule has 0 heterocycles. The molecule has 1 aromatic rings. The summed E-state index contributed by atoms with van der Waals surface area (Å²) in [5.41, 5.74) is 3.46. The summed E-state index contributed by atoms with van der Waals surface area (Å²) in [7, 11) is -3.58. The zero-order valence-corrected chi connectivity index (χ0v) is 12.8. The van der Waals surface area contributed by atoms with Gasteiger partial charge >= 0.3 is 0 Å². The molecule has 110 valence electrons. The van der Waals surface area contributed by atoms with Gasteiger partial charge in [0.2, 0.25) is 10.0 Å². The molecule has 6 nitrogen and oxygen atoms in total. The first-order valence-electron chi connectivity index (χ1n) is 6.08. The van der Waals surface area contributed by atoms with E-state index in [1.807, 2.05) is 0 Å². The van der Waals surface area contributed by atoms with Crippen molar-refractivity contribution < 1.29 is 13.2 Å². The van der Waals surface area contributed by atoms with E-state index in [1.54, 1.807) is 44.2 Å². The van der Waals surface area contributed by atoms with Crippen LogP contribution in [0.15, 0.2) is 35.4 Å². The molecule has 20 heavy (non-hydrogen) atoms. The van der Waals surface area contributed by atoms with Crippen LogP contribution in [0.3, 0.4) is 0 Å². The maximum atomic E-state index is 12.0. The fourth-order valence-electron chi connectivity index (χ4n) is 1.64. The molecule has 0 aromatic heterocycles. The smallest absolute Gasteiger partial charge is 0.263 e. The molecular formula is C13H19N3O3S. The zero-order chi connectivity index (χ0) is 15.3. The topological polar surface area (TPSA) is 78.8 Å². The summed E-state index contributed by atoms with van der Waals surface area (Å²) in [6.07, 6.45) is 1.07. The lowest BCUT2D eigenvalue weighted by Gasteiger charge is -2.27. The first-order chi connectivity index (χ1) is 9.23. The summed E-state index contributed by atoms with van der Waals surface area (Å²) < 4.78 is 24.9. The van der Waals surface area contributed by atoms with E-state index in [9.17, 15) is 13.2 Å². The van der Waals surface area contributed by atoms with Crippen LogP contribution in [0.4, 0.5) is 5.69 Å². The van der Waals surface area contributed by atoms with Crippen molar-refractivity contribution in [2.75, 3.05) is 10.6 Å². The van der Waals surface area contributed by atoms with Crippen LogP contribution < -0.4 is 9.73 Å². The van der Waals surface area contributed by atoms with E-state index in [2.05, 4.69) is 10.5 Å². The highest BCUT2D eigenvalue weighted by atomic mass is 32.2. The first kappa shape index (κ1) is 16.2. The van der Waals surface area contributed by atoms with Gasteiger partial charge in [0.05, 0.1) is 11.9 Å². The van der Waals surface area contributed by atoms with Crippen LogP contribution in [0.25, 0.3) is 0 Å². The van der Waals surface area contributed by atoms with E-state index in [1.165, 1.54) is 6.92 Å². The summed E-state index contributed by atoms with van der Waals surface area (Å²) >= 11 is 0. The summed E-state index contributed by atoms with van der Waals surface area (Å²) in [5.74, 6) is -0.486. The number of para-hydroxylation sites is 1. The number of nitrogens with one attached hydrogen (secondary N) is 1. The van der Waals surface area contributed by atoms with Crippen molar-refractivity contribution in [2.24, 2.45) is 5.10 Å². The monoisotopic (exact) mass is 297 g/mol. The van der Waals surface area contributed by atoms with Crippen molar-refractivity contribution in [3.05, 3.63) is 30.3 Å². The molecule has 0 aliphatic carbocycles. The highest BCUT2D eigenvalue weighted by Gasteiger charge is 2.28. The lowest BCUT2D eigenvalue weighted by Crippen LogP contribution is -2.46. The maximum absolute atomic E-state index is 12.0. The van der Waals surface area contributed by atoms with Gasteiger partial charge in [0.25, 0.3) is 5.91 Å². The molecule has 7 heteroatoms. The summed E-state index contributed by atoms with van der Waals surface area (Å²) in [6.45, 7) is 4.98. The Morgan fingerprint density at radius 3 is 2.25 bits per heavy atom. The van der Waals surface area contributed by atoms with Crippen LogP contribution in [0.5, 0.6) is 0 Å². The van der Waals surface area contributed by atoms with Gasteiger partial charge in [-0.05, 0) is 32.9 Å². The molecule has 1 aromatic carbocycles. The van der Waals surface area contributed by atoms with E-state index in [-0.39, 0.29) is 0 Å². The number of rotatable bonds is 5. The SMILES string of the molecule is CC(C)=NNC(=O)[C@H](C)N(c1ccccc1)S(C)(=O)=O. The maximum Gasteiger partial charge on any atom is 0.263 e. The van der Waals surface area contributed by atoms with Crippen molar-refractivity contribution in [1.82, 2.24) is 5.43 Å². The van der Waals surface area contributed by atoms with Crippen molar-refractivity contribution >= 4 is 27.3 Å². The van der Waals surface area contributed by atoms with Crippen molar-refractivity contribution in [3.63, 3.8) is 0 Å². The molecule has 0 radical (unpaired) electrons. The van der Waals surface area contributed by atoms with E-state index in [4.69, 9.17) is 0 Å². The van der Waals surface area contributed by atoms with Crippen molar-refractivity contribution in [3.8, 4) is 0 Å². The van der Waals surface area contributed by atoms with Gasteiger partial charge in [-0.3, -0.25) is 9.10 Å². The van der Waals surface area contributed by atoms with Crippen LogP contribution in [-0.2, 0) is 14.8 Å². The minimum absolute atomic E-state index is 0.440. The molecule has 0 fully saturated rings. The molecule has 1 atom stereocenters. The van der Waals surface area contributed by atoms with E-state index >= 15 is 0 Å². The average molecular weight is 297 g/mol. The van der Waals surface area contributed by atoms with Gasteiger partial charge in [-0.2, -0.15) is 5.10 Å². The Hall–Kier alpha value is -1.89. The Bertz CT molecular complexity index is 593. The molecule has 0 saturated heterocycles. The van der Waals surface area contributed by atoms with Gasteiger partial charge in [-0.25, -0.2) is 13.8 Å². The molecule has 0 aliphatic heterocycles. The second-order valence-electron chi connectivity index (χ2n) is 4.61. The predicted molar refractivity (Wildman–Crippen MR) is 80.2 cm³/mol. The van der Waals surface area contributed by atoms with Gasteiger partial charge in [0.15, 0.2) is 0 Å². The third kappa shape index (κ3) is 4.34. The number of nitrogens with zero attached hydrogens (tertiary/aromatic N) is 2. The highest BCUT2D eigenvalue weighted by Crippen LogP contribution is 2.20. The fourth-order valence-corrected chi connectivity index (χ4v) is 2.82. The number of carbonyl (C=O) groups is 1. The molecule has 1 N–H and O–H groups in total. The predicted octanol–water partition coefficient (Wildman–Crippen LogP) is 1.35. The molecule has 1 rings (SSSR count). The van der Waals surface area contributed by atoms with Gasteiger partial charge in [-0.15, -0.1) is 0 Å². The molecule has 0 spiro atoms. The van der Waals surface area contributed by atoms with Crippen molar-refractivity contribution in [1.29, 1.82) is 0 Å². The fraction of sp³-hybridized carbons (Fsp3) is 0.385. The summed E-state index contributed by atoms with van der Waals surface area (Å²) in [4.78, 5) is 12.0. The standard InChI is InChI=1S/C13H19N3O3S/c1-10(2)14-15-13(17)11(3)16(20(4,18)19)12-8-6-5-7-9-12/h5-9,11H,1-4H3,(H,15,17)/t11-/m0/s1. The second kappa shape index (κ2) is 6.51. The number of benzene rings is 1. The number of hydrogen-bond donors (Lipinski definition) is 1. The van der Waals surface area contributed by atoms with Crippen LogP contribution >= 0.6 is 0 Å². The second-order valence-corrected chi connectivity index (χ2v) is 6.46. The summed E-state index contributed by atoms with van der Waals surface area (Å²) in [6, 6.07) is 7.59. The molecule has 1 amide bonds. The first-order valence-corrected chi connectivity index (χ1v) is 7.93. The molecule has 0 saturated carbocycles. The quantitative estimate of drug-likeness (QED) is 0.658. The van der Waals surface area contributed by atoms with Crippen LogP contribution in [0.1, 0.15) is 20.8 Å². The molecular weight excluding hydrogens is 278 g/mol. The number of hydrogen-bond acceptors (Lipinski definition) is 4. The lowest BCUT2D eigenvalue weighted by atomic mass is 10.2. The Kier molecular flexibility index (Phi) is 5.26. The van der Waals surface area contributed by atoms with E-state index in [0.29, 0.717) is 11.4 Å². The van der Waals surface area contributed by atoms with E-state index in [0.717, 1.165) is 10.6 Å². The van der Waals surface area contributed by atoms with Crippen LogP contribution in [-0.4, -0.2) is 32.3 Å². The lowest BCUT2D eigenvalue weighted by molar-refractivity contribution is -0.121. The summed E-state index contributed by atoms with van der Waals surface area (Å²) in [5, 5.41) is 3.80. The normalized spacial score (nSPS) is 12.4. The molecule has 0 unspecified atom stereocenters. The van der Waals surface area contributed by atoms with Gasteiger partial charge < -0.3 is 0 Å². The highest BCUT2D eigenvalue weighted by molar-refractivity contribution is 7.92. The third-order valence-corrected chi connectivity index (χ3v) is 3.73. The van der Waals surface area contributed by atoms with Gasteiger partial charge in [0.1, 0.15) is 6.04 Å². The third-order valence-electron chi connectivity index (χ3n) is 2.49. The Morgan fingerprint density at radius 2 is 1.80 bits per heavy atom. The molecule has 0 bridgehead atoms. The van der Waals surface area contributed by atoms with Gasteiger partial charge in [0, 0.05) is 5.71 Å². The number of carbonyl (C=O) groups excluding carboxylic acids is 1. The number of amides is 1. The largest absolute Gasteiger partial charge is 0.271 e. The van der Waals surface area contributed by atoms with Crippen LogP contribution in [0.2, 0.25) is 0 Å². The number of anilines is 1. The minimum Gasteiger partial charge on any atom is -0.271 e. The number of hydrazone groups is 1. The number of sulfonamides is 1. The Balaban J connectivity index is 3.08. The molecule has 0 aliphatic rings. The Morgan fingerprint density at radius 1 is 1.25 bits per heavy atom. The average Bonchev–Trinajstić information content (AvgIpc) is 2.35.